The molecule has 1 aromatic rings. The third-order valence-corrected chi connectivity index (χ3v) is 4.50. The molecule has 2 aliphatic heterocycles. The van der Waals surface area contributed by atoms with Gasteiger partial charge < -0.3 is 15.4 Å². The van der Waals surface area contributed by atoms with Crippen LogP contribution in [0.3, 0.4) is 0 Å². The van der Waals surface area contributed by atoms with E-state index in [1.54, 1.807) is 0 Å². The van der Waals surface area contributed by atoms with Crippen LogP contribution in [0.25, 0.3) is 0 Å². The summed E-state index contributed by atoms with van der Waals surface area (Å²) in [6, 6.07) is 8.12. The number of para-hydroxylation sites is 1. The quantitative estimate of drug-likeness (QED) is 0.898. The minimum absolute atomic E-state index is 0. The monoisotopic (exact) mass is 310 g/mol. The highest BCUT2D eigenvalue weighted by molar-refractivity contribution is 5.87. The number of carbonyl (C=O) groups is 1. The molecule has 1 amide bonds. The number of hydrogen-bond donors (Lipinski definition) is 2. The van der Waals surface area contributed by atoms with Crippen molar-refractivity contribution in [3.63, 3.8) is 0 Å². The Kier molecular flexibility index (Phi) is 5.12. The third-order valence-electron chi connectivity index (χ3n) is 4.50. The number of nitrogens with one attached hydrogen (secondary N) is 2. The van der Waals surface area contributed by atoms with Gasteiger partial charge in [0.1, 0.15) is 12.4 Å². The number of carbonyl (C=O) groups excluding carboxylic acids is 1. The molecule has 0 spiro atoms. The lowest BCUT2D eigenvalue weighted by Crippen LogP contribution is -2.57. The van der Waals surface area contributed by atoms with Crippen LogP contribution in [0, 0.1) is 0 Å². The summed E-state index contributed by atoms with van der Waals surface area (Å²) in [4.78, 5) is 12.5. The van der Waals surface area contributed by atoms with E-state index in [9.17, 15) is 4.79 Å². The normalized spacial score (nSPS) is 27.2. The molecule has 4 nitrogen and oxygen atoms in total. The SMILES string of the molecule is CCC1(C(=O)NC2COc3ccccc3C2)CCCN1.Cl. The van der Waals surface area contributed by atoms with Crippen molar-refractivity contribution in [3.8, 4) is 5.75 Å². The first kappa shape index (κ1) is 16.1. The average Bonchev–Trinajstić information content (AvgIpc) is 2.97. The smallest absolute Gasteiger partial charge is 0.240 e. The van der Waals surface area contributed by atoms with Crippen molar-refractivity contribution in [2.45, 2.75) is 44.2 Å². The second-order valence-corrected chi connectivity index (χ2v) is 5.76. The second-order valence-electron chi connectivity index (χ2n) is 5.76. The first-order valence-electron chi connectivity index (χ1n) is 7.50. The molecule has 0 saturated carbocycles. The van der Waals surface area contributed by atoms with Gasteiger partial charge in [0.15, 0.2) is 0 Å². The summed E-state index contributed by atoms with van der Waals surface area (Å²) in [5.41, 5.74) is 0.811. The number of hydrogen-bond acceptors (Lipinski definition) is 3. The molecule has 116 valence electrons. The molecule has 2 N–H and O–H groups in total. The molecule has 0 aromatic heterocycles. The molecule has 1 fully saturated rings. The third kappa shape index (κ3) is 3.16. The van der Waals surface area contributed by atoms with E-state index in [0.29, 0.717) is 6.61 Å². The number of fused-ring (bicyclic) bond motifs is 1. The van der Waals surface area contributed by atoms with Crippen LogP contribution in [0.2, 0.25) is 0 Å². The van der Waals surface area contributed by atoms with E-state index in [-0.39, 0.29) is 29.9 Å². The van der Waals surface area contributed by atoms with Gasteiger partial charge in [0.25, 0.3) is 0 Å². The fourth-order valence-corrected chi connectivity index (χ4v) is 3.21. The van der Waals surface area contributed by atoms with Gasteiger partial charge in [-0.25, -0.2) is 0 Å². The van der Waals surface area contributed by atoms with Crippen molar-refractivity contribution in [2.24, 2.45) is 0 Å². The largest absolute Gasteiger partial charge is 0.491 e. The van der Waals surface area contributed by atoms with Crippen molar-refractivity contribution in [1.82, 2.24) is 10.6 Å². The van der Waals surface area contributed by atoms with Crippen LogP contribution in [0.4, 0.5) is 0 Å². The van der Waals surface area contributed by atoms with Gasteiger partial charge >= 0.3 is 0 Å². The lowest BCUT2D eigenvalue weighted by Gasteiger charge is -2.32. The summed E-state index contributed by atoms with van der Waals surface area (Å²) < 4.78 is 5.73. The topological polar surface area (TPSA) is 50.4 Å². The summed E-state index contributed by atoms with van der Waals surface area (Å²) >= 11 is 0. The molecule has 1 aromatic carbocycles. The molecule has 1 saturated heterocycles. The molecule has 0 radical (unpaired) electrons. The van der Waals surface area contributed by atoms with Gasteiger partial charge in [0, 0.05) is 0 Å². The summed E-state index contributed by atoms with van der Waals surface area (Å²) in [7, 11) is 0. The fraction of sp³-hybridized carbons (Fsp3) is 0.562. The van der Waals surface area contributed by atoms with Crippen LogP contribution in [0.5, 0.6) is 5.75 Å². The van der Waals surface area contributed by atoms with E-state index in [1.807, 2.05) is 18.2 Å². The molecule has 5 heteroatoms. The minimum atomic E-state index is -0.364. The Labute approximate surface area is 132 Å². The van der Waals surface area contributed by atoms with Crippen LogP contribution in [0.1, 0.15) is 31.7 Å². The molecule has 2 unspecified atom stereocenters. The van der Waals surface area contributed by atoms with Crippen molar-refractivity contribution in [3.05, 3.63) is 29.8 Å². The van der Waals surface area contributed by atoms with E-state index in [2.05, 4.69) is 23.6 Å². The standard InChI is InChI=1S/C16H22N2O2.ClH/c1-2-16(8-5-9-17-16)15(19)18-13-10-12-6-3-4-7-14(12)20-11-13;/h3-4,6-7,13,17H,2,5,8-11H2,1H3,(H,18,19);1H. The van der Waals surface area contributed by atoms with E-state index in [4.69, 9.17) is 4.74 Å². The Morgan fingerprint density at radius 1 is 1.48 bits per heavy atom. The highest BCUT2D eigenvalue weighted by atomic mass is 35.5. The van der Waals surface area contributed by atoms with Crippen molar-refractivity contribution < 1.29 is 9.53 Å². The van der Waals surface area contributed by atoms with E-state index in [1.165, 1.54) is 5.56 Å². The number of ether oxygens (including phenoxy) is 1. The zero-order valence-corrected chi connectivity index (χ0v) is 13.2. The first-order valence-corrected chi connectivity index (χ1v) is 7.50. The predicted octanol–water partition coefficient (Wildman–Crippen LogP) is 2.06. The highest BCUT2D eigenvalue weighted by Crippen LogP contribution is 2.26. The minimum Gasteiger partial charge on any atom is -0.491 e. The lowest BCUT2D eigenvalue weighted by atomic mass is 9.92. The molecular weight excluding hydrogens is 288 g/mol. The predicted molar refractivity (Wildman–Crippen MR) is 85.1 cm³/mol. The van der Waals surface area contributed by atoms with Crippen molar-refractivity contribution in [2.75, 3.05) is 13.2 Å². The maximum Gasteiger partial charge on any atom is 0.240 e. The Bertz CT molecular complexity index is 501. The van der Waals surface area contributed by atoms with Crippen LogP contribution < -0.4 is 15.4 Å². The van der Waals surface area contributed by atoms with Gasteiger partial charge in [-0.05, 0) is 43.9 Å². The maximum absolute atomic E-state index is 12.5. The lowest BCUT2D eigenvalue weighted by molar-refractivity contribution is -0.128. The van der Waals surface area contributed by atoms with Crippen LogP contribution in [-0.4, -0.2) is 30.6 Å². The average molecular weight is 311 g/mol. The first-order chi connectivity index (χ1) is 9.73. The zero-order chi connectivity index (χ0) is 14.0. The summed E-state index contributed by atoms with van der Waals surface area (Å²) in [6.45, 7) is 3.57. The molecule has 0 bridgehead atoms. The van der Waals surface area contributed by atoms with E-state index in [0.717, 1.165) is 38.0 Å². The summed E-state index contributed by atoms with van der Waals surface area (Å²) in [5.74, 6) is 1.08. The van der Waals surface area contributed by atoms with Crippen molar-refractivity contribution in [1.29, 1.82) is 0 Å². The number of rotatable bonds is 3. The van der Waals surface area contributed by atoms with E-state index >= 15 is 0 Å². The van der Waals surface area contributed by atoms with Gasteiger partial charge in [-0.3, -0.25) is 4.79 Å². The number of benzene rings is 1. The molecular formula is C16H23ClN2O2. The molecule has 2 atom stereocenters. The molecule has 0 aliphatic carbocycles. The van der Waals surface area contributed by atoms with Gasteiger partial charge in [-0.15, -0.1) is 12.4 Å². The Balaban J connectivity index is 0.00000161. The number of amides is 1. The van der Waals surface area contributed by atoms with Crippen LogP contribution in [0.15, 0.2) is 24.3 Å². The van der Waals surface area contributed by atoms with Crippen LogP contribution >= 0.6 is 12.4 Å². The Morgan fingerprint density at radius 3 is 3.00 bits per heavy atom. The molecule has 2 aliphatic rings. The van der Waals surface area contributed by atoms with Gasteiger partial charge in [0.2, 0.25) is 5.91 Å². The second kappa shape index (κ2) is 6.67. The highest BCUT2D eigenvalue weighted by Gasteiger charge is 2.40. The summed E-state index contributed by atoms with van der Waals surface area (Å²) in [5, 5.41) is 6.54. The fourth-order valence-electron chi connectivity index (χ4n) is 3.21. The van der Waals surface area contributed by atoms with Crippen molar-refractivity contribution >= 4 is 18.3 Å². The number of halogens is 1. The summed E-state index contributed by atoms with van der Waals surface area (Å²) in [6.07, 6.45) is 3.69. The van der Waals surface area contributed by atoms with Gasteiger partial charge in [-0.2, -0.15) is 0 Å². The van der Waals surface area contributed by atoms with Gasteiger partial charge in [0.05, 0.1) is 11.6 Å². The molecule has 3 rings (SSSR count). The maximum atomic E-state index is 12.5. The van der Waals surface area contributed by atoms with Crippen LogP contribution in [-0.2, 0) is 11.2 Å². The van der Waals surface area contributed by atoms with E-state index < -0.39 is 0 Å². The Hall–Kier alpha value is -1.26. The zero-order valence-electron chi connectivity index (χ0n) is 12.4. The Morgan fingerprint density at radius 2 is 2.29 bits per heavy atom. The molecule has 21 heavy (non-hydrogen) atoms. The van der Waals surface area contributed by atoms with Gasteiger partial charge in [-0.1, -0.05) is 25.1 Å². The molecule has 2 heterocycles.